The summed E-state index contributed by atoms with van der Waals surface area (Å²) in [4.78, 5) is 11.2. The number of benzene rings is 2. The first-order chi connectivity index (χ1) is 12.1. The monoisotopic (exact) mass is 357 g/mol. The largest absolute Gasteiger partial charge is 0.489 e. The summed E-state index contributed by atoms with van der Waals surface area (Å²) in [6.07, 6.45) is 0.520. The third-order valence-corrected chi connectivity index (χ3v) is 3.81. The lowest BCUT2D eigenvalue weighted by Gasteiger charge is -2.10. The average molecular weight is 358 g/mol. The molecule has 0 aliphatic heterocycles. The van der Waals surface area contributed by atoms with Crippen LogP contribution in [0.15, 0.2) is 53.1 Å². The molecule has 3 rings (SSSR count). The van der Waals surface area contributed by atoms with Gasteiger partial charge in [0.25, 0.3) is 0 Å². The summed E-state index contributed by atoms with van der Waals surface area (Å²) in [6.45, 7) is 0.0584. The van der Waals surface area contributed by atoms with Gasteiger partial charge in [0.15, 0.2) is 12.0 Å². The number of aldehydes is 1. The van der Waals surface area contributed by atoms with Crippen LogP contribution in [0.1, 0.15) is 16.1 Å². The van der Waals surface area contributed by atoms with E-state index in [1.165, 1.54) is 6.07 Å². The Hall–Kier alpha value is -2.61. The third-order valence-electron chi connectivity index (χ3n) is 3.56. The highest BCUT2D eigenvalue weighted by Gasteiger charge is 2.19. The molecule has 3 aromatic rings. The van der Waals surface area contributed by atoms with Crippen molar-refractivity contribution < 1.29 is 24.1 Å². The Morgan fingerprint density at radius 2 is 1.96 bits per heavy atom. The molecular weight excluding hydrogens is 344 g/mol. The molecule has 0 spiro atoms. The maximum absolute atomic E-state index is 11.2. The highest BCUT2D eigenvalue weighted by Crippen LogP contribution is 2.23. The molecule has 0 aliphatic rings. The van der Waals surface area contributed by atoms with Crippen LogP contribution in [0.25, 0.3) is 11.3 Å². The van der Waals surface area contributed by atoms with E-state index < -0.39 is 7.12 Å². The SMILES string of the molecule is O=Cc1c(OCc2cc(-c3ccc(Cl)cc3)on2)cccc1B(O)O. The molecule has 25 heavy (non-hydrogen) atoms. The van der Waals surface area contributed by atoms with Crippen molar-refractivity contribution in [3.05, 3.63) is 64.8 Å². The lowest BCUT2D eigenvalue weighted by Crippen LogP contribution is -2.33. The van der Waals surface area contributed by atoms with Crippen LogP contribution < -0.4 is 10.2 Å². The lowest BCUT2D eigenvalue weighted by molar-refractivity contribution is 0.111. The molecule has 1 heterocycles. The maximum atomic E-state index is 11.2. The van der Waals surface area contributed by atoms with E-state index >= 15 is 0 Å². The minimum absolute atomic E-state index is 0.0584. The lowest BCUT2D eigenvalue weighted by atomic mass is 9.77. The molecule has 0 saturated carbocycles. The predicted molar refractivity (Wildman–Crippen MR) is 92.9 cm³/mol. The summed E-state index contributed by atoms with van der Waals surface area (Å²) in [5.41, 5.74) is 1.51. The second-order valence-corrected chi connectivity index (χ2v) is 5.67. The van der Waals surface area contributed by atoms with Crippen molar-refractivity contribution >= 4 is 30.5 Å². The number of ether oxygens (including phenoxy) is 1. The summed E-state index contributed by atoms with van der Waals surface area (Å²) in [6, 6.07) is 13.4. The number of rotatable bonds is 6. The molecule has 8 heteroatoms. The Morgan fingerprint density at radius 1 is 1.20 bits per heavy atom. The number of hydrogen-bond donors (Lipinski definition) is 2. The van der Waals surface area contributed by atoms with Crippen molar-refractivity contribution in [2.45, 2.75) is 6.61 Å². The Kier molecular flexibility index (Phi) is 5.18. The zero-order valence-corrected chi connectivity index (χ0v) is 13.7. The summed E-state index contributed by atoms with van der Waals surface area (Å²) >= 11 is 5.86. The number of carbonyl (C=O) groups excluding carboxylic acids is 1. The highest BCUT2D eigenvalue weighted by atomic mass is 35.5. The van der Waals surface area contributed by atoms with Crippen molar-refractivity contribution in [2.24, 2.45) is 0 Å². The molecule has 0 amide bonds. The number of carbonyl (C=O) groups is 1. The van der Waals surface area contributed by atoms with E-state index in [0.717, 1.165) is 5.56 Å². The first-order valence-electron chi connectivity index (χ1n) is 7.37. The fourth-order valence-corrected chi connectivity index (χ4v) is 2.45. The van der Waals surface area contributed by atoms with Crippen molar-refractivity contribution in [1.82, 2.24) is 5.16 Å². The summed E-state index contributed by atoms with van der Waals surface area (Å²) in [5, 5.41) is 23.1. The van der Waals surface area contributed by atoms with E-state index in [9.17, 15) is 14.8 Å². The van der Waals surface area contributed by atoms with Crippen molar-refractivity contribution in [2.75, 3.05) is 0 Å². The van der Waals surface area contributed by atoms with Crippen LogP contribution in [-0.4, -0.2) is 28.6 Å². The Balaban J connectivity index is 1.76. The molecule has 0 radical (unpaired) electrons. The summed E-state index contributed by atoms with van der Waals surface area (Å²) in [5.74, 6) is 0.794. The fraction of sp³-hybridized carbons (Fsp3) is 0.0588. The van der Waals surface area contributed by atoms with Crippen LogP contribution in [0.3, 0.4) is 0 Å². The van der Waals surface area contributed by atoms with Gasteiger partial charge >= 0.3 is 7.12 Å². The van der Waals surface area contributed by atoms with Gasteiger partial charge in [0.2, 0.25) is 0 Å². The van der Waals surface area contributed by atoms with E-state index in [4.69, 9.17) is 20.9 Å². The second kappa shape index (κ2) is 7.52. The van der Waals surface area contributed by atoms with E-state index in [2.05, 4.69) is 5.16 Å². The van der Waals surface area contributed by atoms with Crippen LogP contribution in [-0.2, 0) is 6.61 Å². The van der Waals surface area contributed by atoms with Crippen LogP contribution in [0.5, 0.6) is 5.75 Å². The maximum Gasteiger partial charge on any atom is 0.489 e. The van der Waals surface area contributed by atoms with E-state index in [1.807, 2.05) is 12.1 Å². The van der Waals surface area contributed by atoms with Crippen molar-refractivity contribution in [3.63, 3.8) is 0 Å². The van der Waals surface area contributed by atoms with Gasteiger partial charge in [0.1, 0.15) is 18.1 Å². The zero-order valence-electron chi connectivity index (χ0n) is 12.9. The van der Waals surface area contributed by atoms with Crippen molar-refractivity contribution in [3.8, 4) is 17.1 Å². The van der Waals surface area contributed by atoms with Gasteiger partial charge < -0.3 is 19.3 Å². The van der Waals surface area contributed by atoms with Crippen LogP contribution in [0.4, 0.5) is 0 Å². The van der Waals surface area contributed by atoms with Gasteiger partial charge in [-0.05, 0) is 35.8 Å². The Labute approximate surface area is 148 Å². The van der Waals surface area contributed by atoms with Gasteiger partial charge in [-0.3, -0.25) is 4.79 Å². The van der Waals surface area contributed by atoms with Gasteiger partial charge in [-0.1, -0.05) is 28.9 Å². The molecule has 1 aromatic heterocycles. The predicted octanol–water partition coefficient (Wildman–Crippen LogP) is 2.07. The van der Waals surface area contributed by atoms with Gasteiger partial charge in [0.05, 0.1) is 5.56 Å². The van der Waals surface area contributed by atoms with E-state index in [0.29, 0.717) is 22.8 Å². The minimum atomic E-state index is -1.76. The van der Waals surface area contributed by atoms with Crippen LogP contribution in [0.2, 0.25) is 5.02 Å². The van der Waals surface area contributed by atoms with Gasteiger partial charge in [0, 0.05) is 16.7 Å². The van der Waals surface area contributed by atoms with Gasteiger partial charge in [-0.25, -0.2) is 0 Å². The first kappa shape index (κ1) is 17.2. The molecule has 0 aliphatic carbocycles. The number of nitrogens with zero attached hydrogens (tertiary/aromatic N) is 1. The molecule has 0 bridgehead atoms. The molecule has 0 unspecified atom stereocenters. The molecule has 126 valence electrons. The first-order valence-corrected chi connectivity index (χ1v) is 7.75. The normalized spacial score (nSPS) is 10.5. The summed E-state index contributed by atoms with van der Waals surface area (Å²) < 4.78 is 10.9. The third kappa shape index (κ3) is 3.91. The fourth-order valence-electron chi connectivity index (χ4n) is 2.32. The zero-order chi connectivity index (χ0) is 17.8. The minimum Gasteiger partial charge on any atom is -0.486 e. The standard InChI is InChI=1S/C17H13BClNO5/c19-12-6-4-11(5-7-12)17-8-13(20-25-17)10-24-16-3-1-2-15(18(22)23)14(16)9-21/h1-9,22-23H,10H2. The average Bonchev–Trinajstić information content (AvgIpc) is 3.09. The molecule has 6 nitrogen and oxygen atoms in total. The topological polar surface area (TPSA) is 92.8 Å². The summed E-state index contributed by atoms with van der Waals surface area (Å²) in [7, 11) is -1.76. The quantitative estimate of drug-likeness (QED) is 0.518. The molecule has 0 atom stereocenters. The Bertz CT molecular complexity index is 879. The molecule has 0 fully saturated rings. The second-order valence-electron chi connectivity index (χ2n) is 5.23. The Morgan fingerprint density at radius 3 is 2.64 bits per heavy atom. The molecule has 0 saturated heterocycles. The molecular formula is C17H13BClNO5. The van der Waals surface area contributed by atoms with E-state index in [-0.39, 0.29) is 23.4 Å². The van der Waals surface area contributed by atoms with E-state index in [1.54, 1.807) is 30.3 Å². The van der Waals surface area contributed by atoms with Crippen molar-refractivity contribution in [1.29, 1.82) is 0 Å². The highest BCUT2D eigenvalue weighted by molar-refractivity contribution is 6.60. The molecule has 2 N–H and O–H groups in total. The van der Waals surface area contributed by atoms with Crippen LogP contribution >= 0.6 is 11.6 Å². The number of halogens is 1. The van der Waals surface area contributed by atoms with Gasteiger partial charge in [-0.2, -0.15) is 0 Å². The number of aromatic nitrogens is 1. The van der Waals surface area contributed by atoms with Gasteiger partial charge in [-0.15, -0.1) is 0 Å². The van der Waals surface area contributed by atoms with Crippen LogP contribution in [0, 0.1) is 0 Å². The number of hydrogen-bond acceptors (Lipinski definition) is 6. The molecule has 2 aromatic carbocycles. The smallest absolute Gasteiger partial charge is 0.486 e.